The number of rotatable bonds is 0. The van der Waals surface area contributed by atoms with Crippen LogP contribution in [0.15, 0.2) is 24.3 Å². The molecule has 1 saturated heterocycles. The second kappa shape index (κ2) is 2.23. The number of ether oxygens (including phenoxy) is 1. The van der Waals surface area contributed by atoms with Gasteiger partial charge in [0.1, 0.15) is 11.0 Å². The monoisotopic (exact) mass is 251 g/mol. The topological polar surface area (TPSA) is 50.1 Å². The second-order valence-corrected chi connectivity index (χ2v) is 7.13. The SMILES string of the molecule is N#C[C@]12C(=O)[C@]34C=CC=C[C@]35O[C@H]1[C@@H]1CC[C@H]2[C@H]4[C@@H]15. The standard InChI is InChI=1S/C16H13NO2/c17-7-14-9-4-3-8-10-11(9)15(13(14)18)5-1-2-6-16(10,15)19-12(8)14/h1-2,5-6,8-12H,3-4H2/t8-,9+,10-,11+,12+,14-,15-,16-/m1/s1. The highest BCUT2D eigenvalue weighted by Crippen LogP contribution is 2.87. The van der Waals surface area contributed by atoms with Gasteiger partial charge in [-0.1, -0.05) is 24.3 Å². The van der Waals surface area contributed by atoms with Crippen molar-refractivity contribution in [3.63, 3.8) is 0 Å². The van der Waals surface area contributed by atoms with Crippen LogP contribution in [0.1, 0.15) is 12.8 Å². The molecular weight excluding hydrogens is 238 g/mol. The zero-order valence-corrected chi connectivity index (χ0v) is 10.4. The molecule has 6 aliphatic carbocycles. The highest BCUT2D eigenvalue weighted by molar-refractivity contribution is 6.03. The Morgan fingerprint density at radius 1 is 1.26 bits per heavy atom. The van der Waals surface area contributed by atoms with Gasteiger partial charge in [-0.2, -0.15) is 5.26 Å². The van der Waals surface area contributed by atoms with E-state index in [0.29, 0.717) is 17.8 Å². The molecule has 19 heavy (non-hydrogen) atoms. The summed E-state index contributed by atoms with van der Waals surface area (Å²) < 4.78 is 6.41. The summed E-state index contributed by atoms with van der Waals surface area (Å²) in [6, 6.07) is 2.43. The number of Topliss-reactive ketones (excluding diaryl/α,β-unsaturated/α-hetero) is 1. The van der Waals surface area contributed by atoms with Crippen molar-refractivity contribution in [1.82, 2.24) is 0 Å². The van der Waals surface area contributed by atoms with E-state index in [1.807, 2.05) is 12.2 Å². The predicted molar refractivity (Wildman–Crippen MR) is 64.6 cm³/mol. The molecular formula is C16H13NO2. The average Bonchev–Trinajstić information content (AvgIpc) is 2.71. The van der Waals surface area contributed by atoms with Crippen molar-refractivity contribution in [2.75, 3.05) is 0 Å². The maximum atomic E-state index is 13.2. The molecule has 0 amide bonds. The molecule has 0 aromatic rings. The van der Waals surface area contributed by atoms with E-state index >= 15 is 0 Å². The molecule has 94 valence electrons. The molecule has 0 radical (unpaired) electrons. The van der Waals surface area contributed by atoms with Crippen molar-refractivity contribution in [2.45, 2.75) is 24.5 Å². The largest absolute Gasteiger partial charge is 0.364 e. The van der Waals surface area contributed by atoms with Crippen LogP contribution in [0.2, 0.25) is 0 Å². The summed E-state index contributed by atoms with van der Waals surface area (Å²) in [5.74, 6) is 1.73. The number of nitrogens with zero attached hydrogens (tertiary/aromatic N) is 1. The molecule has 6 bridgehead atoms. The van der Waals surface area contributed by atoms with Gasteiger partial charge in [-0.3, -0.25) is 4.79 Å². The van der Waals surface area contributed by atoms with Gasteiger partial charge in [0.05, 0.1) is 17.6 Å². The van der Waals surface area contributed by atoms with E-state index in [-0.39, 0.29) is 23.4 Å². The fourth-order valence-electron chi connectivity index (χ4n) is 7.02. The molecule has 0 aromatic carbocycles. The van der Waals surface area contributed by atoms with Crippen molar-refractivity contribution >= 4 is 5.78 Å². The first-order chi connectivity index (χ1) is 9.24. The predicted octanol–water partition coefficient (Wildman–Crippen LogP) is 1.61. The summed E-state index contributed by atoms with van der Waals surface area (Å²) in [7, 11) is 0. The van der Waals surface area contributed by atoms with Crippen LogP contribution in [0, 0.1) is 45.8 Å². The minimum atomic E-state index is -0.820. The number of carbonyl (C=O) groups is 1. The number of nitriles is 1. The minimum absolute atomic E-state index is 0.128. The van der Waals surface area contributed by atoms with Crippen LogP contribution in [-0.2, 0) is 9.53 Å². The molecule has 8 atom stereocenters. The van der Waals surface area contributed by atoms with Crippen LogP contribution in [0.25, 0.3) is 0 Å². The Morgan fingerprint density at radius 3 is 2.95 bits per heavy atom. The highest BCUT2D eigenvalue weighted by atomic mass is 16.5. The number of carbonyl (C=O) groups excluding carboxylic acids is 1. The Morgan fingerprint density at radius 2 is 2.11 bits per heavy atom. The van der Waals surface area contributed by atoms with Crippen LogP contribution in [0.5, 0.6) is 0 Å². The number of fused-ring (bicyclic) bond motifs is 1. The number of hydrogen-bond donors (Lipinski definition) is 0. The van der Waals surface area contributed by atoms with Gasteiger partial charge in [-0.15, -0.1) is 0 Å². The van der Waals surface area contributed by atoms with E-state index in [2.05, 4.69) is 18.2 Å². The minimum Gasteiger partial charge on any atom is -0.364 e. The molecule has 3 heteroatoms. The second-order valence-electron chi connectivity index (χ2n) is 7.13. The fraction of sp³-hybridized carbons (Fsp3) is 0.625. The van der Waals surface area contributed by atoms with Crippen LogP contribution in [-0.4, -0.2) is 17.5 Å². The van der Waals surface area contributed by atoms with Crippen LogP contribution in [0.3, 0.4) is 0 Å². The van der Waals surface area contributed by atoms with Gasteiger partial charge >= 0.3 is 0 Å². The smallest absolute Gasteiger partial charge is 0.169 e. The Kier molecular flexibility index (Phi) is 1.11. The molecule has 5 saturated carbocycles. The van der Waals surface area contributed by atoms with Crippen molar-refractivity contribution in [1.29, 1.82) is 5.26 Å². The third-order valence-corrected chi connectivity index (χ3v) is 7.26. The van der Waals surface area contributed by atoms with Gasteiger partial charge in [0, 0.05) is 5.92 Å². The van der Waals surface area contributed by atoms with E-state index in [4.69, 9.17) is 4.74 Å². The molecule has 0 N–H and O–H groups in total. The maximum Gasteiger partial charge on any atom is 0.169 e. The molecule has 1 heterocycles. The summed E-state index contributed by atoms with van der Waals surface area (Å²) >= 11 is 0. The molecule has 2 spiro atoms. The van der Waals surface area contributed by atoms with Crippen LogP contribution < -0.4 is 0 Å². The van der Waals surface area contributed by atoms with Gasteiger partial charge in [-0.05, 0) is 30.6 Å². The van der Waals surface area contributed by atoms with Gasteiger partial charge in [0.25, 0.3) is 0 Å². The van der Waals surface area contributed by atoms with E-state index in [1.54, 1.807) is 0 Å². The van der Waals surface area contributed by atoms with Gasteiger partial charge < -0.3 is 4.74 Å². The third-order valence-electron chi connectivity index (χ3n) is 7.26. The van der Waals surface area contributed by atoms with Gasteiger partial charge in [-0.25, -0.2) is 0 Å². The van der Waals surface area contributed by atoms with Crippen molar-refractivity contribution in [2.24, 2.45) is 34.5 Å². The quantitative estimate of drug-likeness (QED) is 0.657. The van der Waals surface area contributed by atoms with Gasteiger partial charge in [0.2, 0.25) is 0 Å². The lowest BCUT2D eigenvalue weighted by atomic mass is 9.38. The van der Waals surface area contributed by atoms with Crippen molar-refractivity contribution in [3.05, 3.63) is 24.3 Å². The van der Waals surface area contributed by atoms with E-state index in [0.717, 1.165) is 12.8 Å². The highest BCUT2D eigenvalue weighted by Gasteiger charge is 2.95. The number of hydrogen-bond acceptors (Lipinski definition) is 3. The molecule has 3 nitrogen and oxygen atoms in total. The van der Waals surface area contributed by atoms with Crippen LogP contribution >= 0.6 is 0 Å². The summed E-state index contributed by atoms with van der Waals surface area (Å²) in [6.45, 7) is 0. The fourth-order valence-corrected chi connectivity index (χ4v) is 7.02. The Labute approximate surface area is 110 Å². The molecule has 7 rings (SSSR count). The van der Waals surface area contributed by atoms with Crippen molar-refractivity contribution < 1.29 is 9.53 Å². The molecule has 0 unspecified atom stereocenters. The third kappa shape index (κ3) is 0.531. The Bertz CT molecular complexity index is 669. The summed E-state index contributed by atoms with van der Waals surface area (Å²) in [6.07, 6.45) is 10.2. The summed E-state index contributed by atoms with van der Waals surface area (Å²) in [5.41, 5.74) is -1.69. The lowest BCUT2D eigenvalue weighted by Gasteiger charge is -2.64. The van der Waals surface area contributed by atoms with E-state index < -0.39 is 10.8 Å². The van der Waals surface area contributed by atoms with E-state index in [9.17, 15) is 10.1 Å². The lowest BCUT2D eigenvalue weighted by Crippen LogP contribution is -2.71. The molecule has 7 aliphatic rings. The zero-order chi connectivity index (χ0) is 12.6. The summed E-state index contributed by atoms with van der Waals surface area (Å²) in [5, 5.41) is 9.78. The van der Waals surface area contributed by atoms with Crippen molar-refractivity contribution in [3.8, 4) is 6.07 Å². The Balaban J connectivity index is 1.77. The maximum absolute atomic E-state index is 13.2. The molecule has 0 aromatic heterocycles. The zero-order valence-electron chi connectivity index (χ0n) is 10.4. The number of ketones is 1. The Hall–Kier alpha value is -1.40. The molecule has 6 fully saturated rings. The van der Waals surface area contributed by atoms with Gasteiger partial charge in [0.15, 0.2) is 5.78 Å². The molecule has 1 aliphatic heterocycles. The number of allylic oxidation sites excluding steroid dienone is 2. The first kappa shape index (κ1) is 9.50. The normalized spacial score (nSPS) is 68.2. The average molecular weight is 251 g/mol. The lowest BCUT2D eigenvalue weighted by molar-refractivity contribution is -0.206. The summed E-state index contributed by atoms with van der Waals surface area (Å²) in [4.78, 5) is 13.2. The van der Waals surface area contributed by atoms with E-state index in [1.165, 1.54) is 0 Å². The first-order valence-corrected chi connectivity index (χ1v) is 7.25. The van der Waals surface area contributed by atoms with Crippen LogP contribution in [0.4, 0.5) is 0 Å². The first-order valence-electron chi connectivity index (χ1n) is 7.25.